The number of ether oxygens (including phenoxy) is 1. The number of aliphatic hydroxyl groups is 1. The first-order valence-electron chi connectivity index (χ1n) is 6.69. The van der Waals surface area contributed by atoms with Gasteiger partial charge in [-0.1, -0.05) is 12.1 Å². The van der Waals surface area contributed by atoms with E-state index in [0.717, 1.165) is 36.3 Å². The Kier molecular flexibility index (Phi) is 4.43. The lowest BCUT2D eigenvalue weighted by atomic mass is 10.0. The number of carbonyl (C=O) groups is 1. The Morgan fingerprint density at radius 1 is 1.53 bits per heavy atom. The molecule has 19 heavy (non-hydrogen) atoms. The van der Waals surface area contributed by atoms with E-state index in [1.807, 2.05) is 25.1 Å². The predicted octanol–water partition coefficient (Wildman–Crippen LogP) is 1.53. The molecule has 1 atom stereocenters. The first-order chi connectivity index (χ1) is 9.10. The van der Waals surface area contributed by atoms with E-state index in [1.165, 1.54) is 0 Å². The second kappa shape index (κ2) is 6.06. The van der Waals surface area contributed by atoms with Gasteiger partial charge in [-0.2, -0.15) is 0 Å². The zero-order valence-corrected chi connectivity index (χ0v) is 11.6. The maximum absolute atomic E-state index is 12.2. The van der Waals surface area contributed by atoms with Gasteiger partial charge in [0, 0.05) is 13.1 Å². The number of aryl methyl sites for hydroxylation is 1. The smallest absolute Gasteiger partial charge is 0.227 e. The Bertz CT molecular complexity index is 459. The Balaban J connectivity index is 2.00. The number of likely N-dealkylation sites (tertiary alicyclic amines) is 1. The minimum atomic E-state index is -0.365. The molecular weight excluding hydrogens is 242 g/mol. The van der Waals surface area contributed by atoms with Gasteiger partial charge >= 0.3 is 0 Å². The fourth-order valence-electron chi connectivity index (χ4n) is 2.52. The largest absolute Gasteiger partial charge is 0.496 e. The van der Waals surface area contributed by atoms with Gasteiger partial charge in [-0.25, -0.2) is 0 Å². The van der Waals surface area contributed by atoms with E-state index in [0.29, 0.717) is 13.0 Å². The van der Waals surface area contributed by atoms with E-state index in [-0.39, 0.29) is 12.0 Å². The summed E-state index contributed by atoms with van der Waals surface area (Å²) < 4.78 is 5.21. The quantitative estimate of drug-likeness (QED) is 0.899. The molecule has 1 aliphatic rings. The molecule has 0 bridgehead atoms. The molecule has 1 aromatic carbocycles. The third-order valence-electron chi connectivity index (χ3n) is 3.56. The van der Waals surface area contributed by atoms with Crippen LogP contribution >= 0.6 is 0 Å². The summed E-state index contributed by atoms with van der Waals surface area (Å²) in [5, 5.41) is 9.60. The van der Waals surface area contributed by atoms with Crippen LogP contribution in [0.2, 0.25) is 0 Å². The Hall–Kier alpha value is -1.55. The molecule has 4 heteroatoms. The number of hydrogen-bond donors (Lipinski definition) is 1. The number of rotatable bonds is 3. The average molecular weight is 263 g/mol. The summed E-state index contributed by atoms with van der Waals surface area (Å²) in [6, 6.07) is 5.80. The number of hydrogen-bond acceptors (Lipinski definition) is 3. The molecule has 1 heterocycles. The Morgan fingerprint density at radius 3 is 2.95 bits per heavy atom. The van der Waals surface area contributed by atoms with Gasteiger partial charge in [0.05, 0.1) is 19.6 Å². The minimum absolute atomic E-state index is 0.0864. The van der Waals surface area contributed by atoms with Crippen LogP contribution in [-0.2, 0) is 11.2 Å². The van der Waals surface area contributed by atoms with Crippen LogP contribution in [0.15, 0.2) is 18.2 Å². The molecule has 0 saturated carbocycles. The molecule has 0 aliphatic carbocycles. The van der Waals surface area contributed by atoms with Crippen LogP contribution in [0.4, 0.5) is 0 Å². The highest BCUT2D eigenvalue weighted by atomic mass is 16.5. The summed E-state index contributed by atoms with van der Waals surface area (Å²) in [5.74, 6) is 0.924. The summed E-state index contributed by atoms with van der Waals surface area (Å²) in [4.78, 5) is 13.9. The van der Waals surface area contributed by atoms with Crippen molar-refractivity contribution in [2.75, 3.05) is 20.2 Å². The molecular formula is C15H21NO3. The molecule has 0 radical (unpaired) electrons. The summed E-state index contributed by atoms with van der Waals surface area (Å²) in [6.07, 6.45) is 1.70. The first-order valence-corrected chi connectivity index (χ1v) is 6.69. The molecule has 1 N–H and O–H groups in total. The lowest BCUT2D eigenvalue weighted by Crippen LogP contribution is -2.42. The second-order valence-corrected chi connectivity index (χ2v) is 5.12. The van der Waals surface area contributed by atoms with Gasteiger partial charge in [-0.15, -0.1) is 0 Å². The van der Waals surface area contributed by atoms with Crippen molar-refractivity contribution >= 4 is 5.91 Å². The van der Waals surface area contributed by atoms with E-state index >= 15 is 0 Å². The molecule has 1 fully saturated rings. The molecule has 1 saturated heterocycles. The van der Waals surface area contributed by atoms with Crippen LogP contribution in [0.25, 0.3) is 0 Å². The maximum Gasteiger partial charge on any atom is 0.227 e. The van der Waals surface area contributed by atoms with Crippen molar-refractivity contribution in [1.29, 1.82) is 0 Å². The van der Waals surface area contributed by atoms with Gasteiger partial charge in [-0.05, 0) is 37.0 Å². The number of β-amino-alcohol motifs (C(OH)–C–C–N with tert-alkyl or cyclic N) is 1. The van der Waals surface area contributed by atoms with Crippen molar-refractivity contribution in [3.05, 3.63) is 29.3 Å². The Morgan fingerprint density at radius 2 is 2.32 bits per heavy atom. The highest BCUT2D eigenvalue weighted by Gasteiger charge is 2.22. The highest BCUT2D eigenvalue weighted by Crippen LogP contribution is 2.19. The van der Waals surface area contributed by atoms with Crippen LogP contribution in [0.5, 0.6) is 5.75 Å². The van der Waals surface area contributed by atoms with Crippen molar-refractivity contribution in [2.24, 2.45) is 0 Å². The van der Waals surface area contributed by atoms with Gasteiger partial charge in [0.2, 0.25) is 5.91 Å². The number of methoxy groups -OCH3 is 1. The SMILES string of the molecule is COc1ccc(CC(=O)N2CCCC(O)C2)cc1C. The van der Waals surface area contributed by atoms with Crippen LogP contribution in [0.1, 0.15) is 24.0 Å². The van der Waals surface area contributed by atoms with Crippen molar-refractivity contribution in [3.63, 3.8) is 0 Å². The summed E-state index contributed by atoms with van der Waals surface area (Å²) >= 11 is 0. The highest BCUT2D eigenvalue weighted by molar-refractivity contribution is 5.79. The standard InChI is InChI=1S/C15H21NO3/c1-11-8-12(5-6-14(11)19-2)9-15(18)16-7-3-4-13(17)10-16/h5-6,8,13,17H,3-4,7,9-10H2,1-2H3. The number of piperidine rings is 1. The van der Waals surface area contributed by atoms with Crippen molar-refractivity contribution in [2.45, 2.75) is 32.3 Å². The van der Waals surface area contributed by atoms with E-state index in [1.54, 1.807) is 12.0 Å². The van der Waals surface area contributed by atoms with Gasteiger partial charge in [-0.3, -0.25) is 4.79 Å². The molecule has 0 aromatic heterocycles. The number of carbonyl (C=O) groups excluding carboxylic acids is 1. The molecule has 4 nitrogen and oxygen atoms in total. The van der Waals surface area contributed by atoms with Crippen molar-refractivity contribution in [3.8, 4) is 5.75 Å². The molecule has 104 valence electrons. The van der Waals surface area contributed by atoms with E-state index < -0.39 is 0 Å². The van der Waals surface area contributed by atoms with E-state index in [2.05, 4.69) is 0 Å². The fraction of sp³-hybridized carbons (Fsp3) is 0.533. The lowest BCUT2D eigenvalue weighted by molar-refractivity contribution is -0.133. The van der Waals surface area contributed by atoms with E-state index in [9.17, 15) is 9.90 Å². The van der Waals surface area contributed by atoms with E-state index in [4.69, 9.17) is 4.74 Å². The lowest BCUT2D eigenvalue weighted by Gasteiger charge is -2.30. The molecule has 0 spiro atoms. The monoisotopic (exact) mass is 263 g/mol. The predicted molar refractivity (Wildman–Crippen MR) is 73.3 cm³/mol. The van der Waals surface area contributed by atoms with Crippen LogP contribution in [-0.4, -0.2) is 42.2 Å². The van der Waals surface area contributed by atoms with Gasteiger partial charge < -0.3 is 14.7 Å². The molecule has 1 aliphatic heterocycles. The minimum Gasteiger partial charge on any atom is -0.496 e. The second-order valence-electron chi connectivity index (χ2n) is 5.12. The van der Waals surface area contributed by atoms with Crippen LogP contribution < -0.4 is 4.74 Å². The van der Waals surface area contributed by atoms with Gasteiger partial charge in [0.25, 0.3) is 0 Å². The zero-order valence-electron chi connectivity index (χ0n) is 11.6. The zero-order chi connectivity index (χ0) is 13.8. The van der Waals surface area contributed by atoms with Gasteiger partial charge in [0.1, 0.15) is 5.75 Å². The molecule has 1 aromatic rings. The maximum atomic E-state index is 12.2. The summed E-state index contributed by atoms with van der Waals surface area (Å²) in [7, 11) is 1.64. The first kappa shape index (κ1) is 13.9. The number of nitrogens with zero attached hydrogens (tertiary/aromatic N) is 1. The van der Waals surface area contributed by atoms with Crippen LogP contribution in [0, 0.1) is 6.92 Å². The fourth-order valence-corrected chi connectivity index (χ4v) is 2.52. The van der Waals surface area contributed by atoms with Gasteiger partial charge in [0.15, 0.2) is 0 Å². The third kappa shape index (κ3) is 3.47. The number of aliphatic hydroxyl groups excluding tert-OH is 1. The third-order valence-corrected chi connectivity index (χ3v) is 3.56. The topological polar surface area (TPSA) is 49.8 Å². The average Bonchev–Trinajstić information content (AvgIpc) is 2.39. The normalized spacial score (nSPS) is 19.3. The number of benzene rings is 1. The van der Waals surface area contributed by atoms with Crippen molar-refractivity contribution < 1.29 is 14.6 Å². The molecule has 2 rings (SSSR count). The molecule has 1 amide bonds. The molecule has 1 unspecified atom stereocenters. The van der Waals surface area contributed by atoms with Crippen LogP contribution in [0.3, 0.4) is 0 Å². The summed E-state index contributed by atoms with van der Waals surface area (Å²) in [5.41, 5.74) is 2.02. The van der Waals surface area contributed by atoms with Crippen molar-refractivity contribution in [1.82, 2.24) is 4.90 Å². The Labute approximate surface area is 114 Å². The summed E-state index contributed by atoms with van der Waals surface area (Å²) in [6.45, 7) is 3.19. The number of amides is 1.